The van der Waals surface area contributed by atoms with Gasteiger partial charge in [0.1, 0.15) is 18.0 Å². The van der Waals surface area contributed by atoms with E-state index in [-0.39, 0.29) is 12.0 Å². The number of para-hydroxylation sites is 1. The van der Waals surface area contributed by atoms with E-state index >= 15 is 0 Å². The van der Waals surface area contributed by atoms with Crippen LogP contribution in [0.3, 0.4) is 0 Å². The van der Waals surface area contributed by atoms with Gasteiger partial charge in [0.25, 0.3) is 0 Å². The molecule has 0 saturated heterocycles. The quantitative estimate of drug-likeness (QED) is 0.762. The van der Waals surface area contributed by atoms with Crippen LogP contribution in [0, 0.1) is 0 Å². The molecule has 0 atom stereocenters. The Kier molecular flexibility index (Phi) is 2.89. The predicted molar refractivity (Wildman–Crippen MR) is 73.8 cm³/mol. The SMILES string of the molecule is O=c1c(-c2ccccc2)c(CO)oc2ccccc12. The fraction of sp³-hybridized carbons (Fsp3) is 0.0625. The summed E-state index contributed by atoms with van der Waals surface area (Å²) in [4.78, 5) is 12.5. The minimum absolute atomic E-state index is 0.114. The molecule has 3 heteroatoms. The Bertz CT molecular complexity index is 773. The monoisotopic (exact) mass is 252 g/mol. The molecule has 0 radical (unpaired) electrons. The zero-order valence-corrected chi connectivity index (χ0v) is 10.2. The molecule has 1 heterocycles. The summed E-state index contributed by atoms with van der Waals surface area (Å²) >= 11 is 0. The summed E-state index contributed by atoms with van der Waals surface area (Å²) in [5.74, 6) is 0.301. The van der Waals surface area contributed by atoms with Gasteiger partial charge in [0, 0.05) is 0 Å². The van der Waals surface area contributed by atoms with Crippen molar-refractivity contribution >= 4 is 11.0 Å². The molecular weight excluding hydrogens is 240 g/mol. The number of aliphatic hydroxyl groups excluding tert-OH is 1. The van der Waals surface area contributed by atoms with Crippen LogP contribution < -0.4 is 5.43 Å². The third-order valence-electron chi connectivity index (χ3n) is 3.08. The molecule has 19 heavy (non-hydrogen) atoms. The summed E-state index contributed by atoms with van der Waals surface area (Å²) in [6, 6.07) is 16.3. The number of hydrogen-bond acceptors (Lipinski definition) is 3. The Morgan fingerprint density at radius 3 is 2.37 bits per heavy atom. The lowest BCUT2D eigenvalue weighted by molar-refractivity contribution is 0.250. The zero-order valence-electron chi connectivity index (χ0n) is 10.2. The lowest BCUT2D eigenvalue weighted by Crippen LogP contribution is -2.09. The van der Waals surface area contributed by atoms with E-state index < -0.39 is 0 Å². The molecule has 0 saturated carbocycles. The molecule has 3 aromatic rings. The average Bonchev–Trinajstić information content (AvgIpc) is 2.48. The molecule has 3 nitrogen and oxygen atoms in total. The molecule has 0 bridgehead atoms. The first-order valence-electron chi connectivity index (χ1n) is 6.02. The summed E-state index contributed by atoms with van der Waals surface area (Å²) in [6.07, 6.45) is 0. The number of rotatable bonds is 2. The first-order valence-corrected chi connectivity index (χ1v) is 6.02. The van der Waals surface area contributed by atoms with E-state index in [1.807, 2.05) is 30.3 Å². The van der Waals surface area contributed by atoms with Crippen molar-refractivity contribution in [3.05, 3.63) is 70.6 Å². The second-order valence-corrected chi connectivity index (χ2v) is 4.25. The number of hydrogen-bond donors (Lipinski definition) is 1. The van der Waals surface area contributed by atoms with Gasteiger partial charge in [0.2, 0.25) is 5.43 Å². The van der Waals surface area contributed by atoms with Crippen LogP contribution in [0.1, 0.15) is 5.76 Å². The smallest absolute Gasteiger partial charge is 0.200 e. The van der Waals surface area contributed by atoms with Crippen LogP contribution in [0.2, 0.25) is 0 Å². The first kappa shape index (κ1) is 11.7. The van der Waals surface area contributed by atoms with Crippen molar-refractivity contribution in [2.24, 2.45) is 0 Å². The predicted octanol–water partition coefficient (Wildman–Crippen LogP) is 2.95. The number of aliphatic hydroxyl groups is 1. The van der Waals surface area contributed by atoms with Crippen LogP contribution in [-0.2, 0) is 6.61 Å². The first-order chi connectivity index (χ1) is 9.31. The van der Waals surface area contributed by atoms with E-state index in [1.54, 1.807) is 24.3 Å². The van der Waals surface area contributed by atoms with Gasteiger partial charge in [-0.2, -0.15) is 0 Å². The third kappa shape index (κ3) is 1.94. The van der Waals surface area contributed by atoms with Crippen molar-refractivity contribution in [3.63, 3.8) is 0 Å². The van der Waals surface area contributed by atoms with Gasteiger partial charge < -0.3 is 9.52 Å². The molecule has 0 aliphatic rings. The van der Waals surface area contributed by atoms with Gasteiger partial charge in [-0.15, -0.1) is 0 Å². The van der Waals surface area contributed by atoms with Crippen LogP contribution in [0.25, 0.3) is 22.1 Å². The Morgan fingerprint density at radius 1 is 0.947 bits per heavy atom. The minimum Gasteiger partial charge on any atom is -0.458 e. The van der Waals surface area contributed by atoms with Gasteiger partial charge in [-0.25, -0.2) is 0 Å². The largest absolute Gasteiger partial charge is 0.458 e. The van der Waals surface area contributed by atoms with Crippen LogP contribution in [0.5, 0.6) is 0 Å². The van der Waals surface area contributed by atoms with Crippen molar-refractivity contribution in [1.82, 2.24) is 0 Å². The lowest BCUT2D eigenvalue weighted by atomic mass is 10.0. The van der Waals surface area contributed by atoms with E-state index in [4.69, 9.17) is 4.42 Å². The van der Waals surface area contributed by atoms with E-state index in [1.165, 1.54) is 0 Å². The number of benzene rings is 2. The van der Waals surface area contributed by atoms with Crippen LogP contribution in [0.15, 0.2) is 63.8 Å². The molecule has 0 spiro atoms. The highest BCUT2D eigenvalue weighted by Crippen LogP contribution is 2.24. The molecule has 1 aromatic heterocycles. The topological polar surface area (TPSA) is 50.4 Å². The normalized spacial score (nSPS) is 10.8. The van der Waals surface area contributed by atoms with E-state index in [0.717, 1.165) is 5.56 Å². The van der Waals surface area contributed by atoms with E-state index in [0.29, 0.717) is 22.3 Å². The van der Waals surface area contributed by atoms with Gasteiger partial charge >= 0.3 is 0 Å². The Morgan fingerprint density at radius 2 is 1.63 bits per heavy atom. The minimum atomic E-state index is -0.301. The van der Waals surface area contributed by atoms with E-state index in [2.05, 4.69) is 0 Å². The molecule has 0 aliphatic carbocycles. The Labute approximate surface area is 109 Å². The highest BCUT2D eigenvalue weighted by atomic mass is 16.4. The Balaban J connectivity index is 2.41. The average molecular weight is 252 g/mol. The van der Waals surface area contributed by atoms with Crippen LogP contribution >= 0.6 is 0 Å². The zero-order chi connectivity index (χ0) is 13.2. The molecule has 1 N–H and O–H groups in total. The highest BCUT2D eigenvalue weighted by molar-refractivity contribution is 5.82. The molecule has 0 amide bonds. The molecule has 94 valence electrons. The van der Waals surface area contributed by atoms with Crippen molar-refractivity contribution < 1.29 is 9.52 Å². The van der Waals surface area contributed by atoms with Crippen molar-refractivity contribution in [1.29, 1.82) is 0 Å². The van der Waals surface area contributed by atoms with Gasteiger partial charge in [0.05, 0.1) is 10.9 Å². The summed E-state index contributed by atoms with van der Waals surface area (Å²) in [6.45, 7) is -0.301. The van der Waals surface area contributed by atoms with E-state index in [9.17, 15) is 9.90 Å². The third-order valence-corrected chi connectivity index (χ3v) is 3.08. The van der Waals surface area contributed by atoms with Gasteiger partial charge in [-0.3, -0.25) is 4.79 Å². The maximum Gasteiger partial charge on any atom is 0.200 e. The molecule has 0 unspecified atom stereocenters. The van der Waals surface area contributed by atoms with Crippen molar-refractivity contribution in [3.8, 4) is 11.1 Å². The summed E-state index contributed by atoms with van der Waals surface area (Å²) in [5, 5.41) is 9.96. The molecule has 0 fully saturated rings. The van der Waals surface area contributed by atoms with Crippen molar-refractivity contribution in [2.45, 2.75) is 6.61 Å². The summed E-state index contributed by atoms with van der Waals surface area (Å²) in [5.41, 5.74) is 1.57. The fourth-order valence-corrected chi connectivity index (χ4v) is 2.20. The van der Waals surface area contributed by atoms with Gasteiger partial charge in [0.15, 0.2) is 0 Å². The maximum absolute atomic E-state index is 12.5. The highest BCUT2D eigenvalue weighted by Gasteiger charge is 2.14. The summed E-state index contributed by atoms with van der Waals surface area (Å²) < 4.78 is 5.63. The standard InChI is InChI=1S/C16H12O3/c17-10-14-15(11-6-2-1-3-7-11)16(18)12-8-4-5-9-13(12)19-14/h1-9,17H,10H2. The molecule has 3 rings (SSSR count). The van der Waals surface area contributed by atoms with Crippen molar-refractivity contribution in [2.75, 3.05) is 0 Å². The molecule has 2 aromatic carbocycles. The van der Waals surface area contributed by atoms with Gasteiger partial charge in [-0.1, -0.05) is 42.5 Å². The van der Waals surface area contributed by atoms with Crippen LogP contribution in [0.4, 0.5) is 0 Å². The lowest BCUT2D eigenvalue weighted by Gasteiger charge is -2.08. The maximum atomic E-state index is 12.5. The summed E-state index contributed by atoms with van der Waals surface area (Å²) in [7, 11) is 0. The molecular formula is C16H12O3. The second kappa shape index (κ2) is 4.71. The Hall–Kier alpha value is -2.39. The second-order valence-electron chi connectivity index (χ2n) is 4.25. The van der Waals surface area contributed by atoms with Crippen LogP contribution in [-0.4, -0.2) is 5.11 Å². The number of fused-ring (bicyclic) bond motifs is 1. The molecule has 0 aliphatic heterocycles. The van der Waals surface area contributed by atoms with Gasteiger partial charge in [-0.05, 0) is 17.7 Å². The fourth-order valence-electron chi connectivity index (χ4n) is 2.20.